The Balaban J connectivity index is 0.000000268. The first kappa shape index (κ1) is 16.5. The SMILES string of the molecule is CCOC(=O)N1CC(=O)O[C@H]1c1ccccc1.c1ccccc1. The highest BCUT2D eigenvalue weighted by Crippen LogP contribution is 2.27. The predicted molar refractivity (Wildman–Crippen MR) is 85.4 cm³/mol. The van der Waals surface area contributed by atoms with Crippen LogP contribution in [0.15, 0.2) is 66.7 Å². The van der Waals surface area contributed by atoms with Crippen LogP contribution in [0.1, 0.15) is 18.7 Å². The second-order valence-electron chi connectivity index (χ2n) is 4.73. The van der Waals surface area contributed by atoms with Crippen LogP contribution >= 0.6 is 0 Å². The molecule has 0 bridgehead atoms. The number of rotatable bonds is 2. The predicted octanol–water partition coefficient (Wildman–Crippen LogP) is 3.39. The van der Waals surface area contributed by atoms with E-state index in [9.17, 15) is 9.59 Å². The van der Waals surface area contributed by atoms with Crippen LogP contribution in [-0.2, 0) is 14.3 Å². The Morgan fingerprint density at radius 3 is 2.13 bits per heavy atom. The van der Waals surface area contributed by atoms with Gasteiger partial charge in [-0.25, -0.2) is 4.79 Å². The van der Waals surface area contributed by atoms with Gasteiger partial charge in [0.25, 0.3) is 0 Å². The van der Waals surface area contributed by atoms with Crippen molar-refractivity contribution in [2.24, 2.45) is 0 Å². The van der Waals surface area contributed by atoms with E-state index in [1.54, 1.807) is 19.1 Å². The maximum atomic E-state index is 11.6. The molecule has 1 aliphatic rings. The summed E-state index contributed by atoms with van der Waals surface area (Å²) in [6.07, 6.45) is -1.21. The number of amides is 1. The van der Waals surface area contributed by atoms with Gasteiger partial charge < -0.3 is 9.47 Å². The Hall–Kier alpha value is -2.82. The first-order chi connectivity index (χ1) is 11.2. The van der Waals surface area contributed by atoms with Crippen molar-refractivity contribution in [3.8, 4) is 0 Å². The van der Waals surface area contributed by atoms with Gasteiger partial charge in [-0.05, 0) is 6.92 Å². The average molecular weight is 313 g/mol. The highest BCUT2D eigenvalue weighted by molar-refractivity contribution is 5.81. The number of carbonyl (C=O) groups excluding carboxylic acids is 2. The lowest BCUT2D eigenvalue weighted by Crippen LogP contribution is -2.32. The zero-order valence-electron chi connectivity index (χ0n) is 12.9. The molecule has 1 aliphatic heterocycles. The summed E-state index contributed by atoms with van der Waals surface area (Å²) in [5.74, 6) is -0.424. The summed E-state index contributed by atoms with van der Waals surface area (Å²) >= 11 is 0. The fourth-order valence-electron chi connectivity index (χ4n) is 2.06. The summed E-state index contributed by atoms with van der Waals surface area (Å²) in [6, 6.07) is 21.1. The van der Waals surface area contributed by atoms with E-state index in [2.05, 4.69) is 0 Å². The molecule has 0 spiro atoms. The van der Waals surface area contributed by atoms with Gasteiger partial charge in [-0.15, -0.1) is 0 Å². The topological polar surface area (TPSA) is 55.8 Å². The summed E-state index contributed by atoms with van der Waals surface area (Å²) in [6.45, 7) is 1.91. The van der Waals surface area contributed by atoms with Crippen molar-refractivity contribution in [1.82, 2.24) is 4.90 Å². The molecule has 0 radical (unpaired) electrons. The lowest BCUT2D eigenvalue weighted by Gasteiger charge is -2.20. The third kappa shape index (κ3) is 4.85. The first-order valence-corrected chi connectivity index (χ1v) is 7.40. The molecule has 0 saturated carbocycles. The molecule has 1 heterocycles. The van der Waals surface area contributed by atoms with Crippen LogP contribution in [0.5, 0.6) is 0 Å². The molecule has 120 valence electrons. The van der Waals surface area contributed by atoms with E-state index in [0.717, 1.165) is 5.56 Å². The number of esters is 1. The molecule has 2 aromatic carbocycles. The van der Waals surface area contributed by atoms with E-state index >= 15 is 0 Å². The van der Waals surface area contributed by atoms with Gasteiger partial charge in [-0.3, -0.25) is 9.69 Å². The number of carbonyl (C=O) groups is 2. The third-order valence-electron chi connectivity index (χ3n) is 3.08. The van der Waals surface area contributed by atoms with Crippen LogP contribution in [-0.4, -0.2) is 30.1 Å². The van der Waals surface area contributed by atoms with Crippen molar-refractivity contribution in [3.05, 3.63) is 72.3 Å². The van der Waals surface area contributed by atoms with Crippen molar-refractivity contribution in [3.63, 3.8) is 0 Å². The molecule has 1 fully saturated rings. The fraction of sp³-hybridized carbons (Fsp3) is 0.222. The molecule has 1 amide bonds. The Morgan fingerprint density at radius 2 is 1.61 bits per heavy atom. The molecule has 23 heavy (non-hydrogen) atoms. The first-order valence-electron chi connectivity index (χ1n) is 7.40. The molecule has 1 atom stereocenters. The molecule has 0 N–H and O–H groups in total. The van der Waals surface area contributed by atoms with Crippen LogP contribution in [0.2, 0.25) is 0 Å². The molecule has 0 unspecified atom stereocenters. The van der Waals surface area contributed by atoms with Gasteiger partial charge in [0.05, 0.1) is 6.61 Å². The Kier molecular flexibility index (Phi) is 6.17. The summed E-state index contributed by atoms with van der Waals surface area (Å²) in [7, 11) is 0. The van der Waals surface area contributed by atoms with Gasteiger partial charge >= 0.3 is 12.1 Å². The Bertz CT molecular complexity index is 589. The number of hydrogen-bond donors (Lipinski definition) is 0. The zero-order chi connectivity index (χ0) is 16.5. The van der Waals surface area contributed by atoms with Crippen LogP contribution in [0.25, 0.3) is 0 Å². The standard InChI is InChI=1S/C12H13NO4.C6H6/c1-2-16-12(15)13-8-10(14)17-11(13)9-6-4-3-5-7-9;1-2-4-6-5-3-1/h3-7,11H,2,8H2,1H3;1-6H/t11-;/m0./s1. The number of nitrogens with zero attached hydrogens (tertiary/aromatic N) is 1. The normalized spacial score (nSPS) is 16.1. The minimum absolute atomic E-state index is 0.0710. The average Bonchev–Trinajstić information content (AvgIpc) is 3.00. The van der Waals surface area contributed by atoms with E-state index in [1.807, 2.05) is 54.6 Å². The maximum absolute atomic E-state index is 11.6. The van der Waals surface area contributed by atoms with Gasteiger partial charge in [0.15, 0.2) is 0 Å². The van der Waals surface area contributed by atoms with Crippen LogP contribution < -0.4 is 0 Å². The largest absolute Gasteiger partial charge is 0.450 e. The lowest BCUT2D eigenvalue weighted by molar-refractivity contribution is -0.141. The molecule has 1 saturated heterocycles. The Morgan fingerprint density at radius 1 is 1.09 bits per heavy atom. The summed E-state index contributed by atoms with van der Waals surface area (Å²) in [4.78, 5) is 24.2. The molecule has 5 heteroatoms. The van der Waals surface area contributed by atoms with E-state index in [1.165, 1.54) is 4.90 Å². The number of benzene rings is 2. The smallest absolute Gasteiger partial charge is 0.413 e. The zero-order valence-corrected chi connectivity index (χ0v) is 12.9. The van der Waals surface area contributed by atoms with Crippen molar-refractivity contribution in [2.45, 2.75) is 13.2 Å². The van der Waals surface area contributed by atoms with Gasteiger partial charge in [0.1, 0.15) is 6.54 Å². The molecular formula is C18H19NO4. The minimum atomic E-state index is -0.678. The number of hydrogen-bond acceptors (Lipinski definition) is 4. The van der Waals surface area contributed by atoms with Crippen molar-refractivity contribution < 1.29 is 19.1 Å². The molecule has 5 nitrogen and oxygen atoms in total. The molecule has 3 rings (SSSR count). The molecule has 0 aromatic heterocycles. The second kappa shape index (κ2) is 8.58. The van der Waals surface area contributed by atoms with Gasteiger partial charge in [-0.1, -0.05) is 66.7 Å². The van der Waals surface area contributed by atoms with Gasteiger partial charge in [-0.2, -0.15) is 0 Å². The molecule has 2 aromatic rings. The van der Waals surface area contributed by atoms with Crippen LogP contribution in [0, 0.1) is 0 Å². The Labute approximate surface area is 135 Å². The monoisotopic (exact) mass is 313 g/mol. The minimum Gasteiger partial charge on any atom is -0.450 e. The second-order valence-corrected chi connectivity index (χ2v) is 4.73. The summed E-state index contributed by atoms with van der Waals surface area (Å²) in [5, 5.41) is 0. The molecular weight excluding hydrogens is 294 g/mol. The number of ether oxygens (including phenoxy) is 2. The lowest BCUT2D eigenvalue weighted by atomic mass is 10.2. The van der Waals surface area contributed by atoms with Crippen molar-refractivity contribution in [2.75, 3.05) is 13.2 Å². The quantitative estimate of drug-likeness (QED) is 0.798. The highest BCUT2D eigenvalue weighted by atomic mass is 16.6. The third-order valence-corrected chi connectivity index (χ3v) is 3.08. The van der Waals surface area contributed by atoms with Crippen LogP contribution in [0.3, 0.4) is 0 Å². The highest BCUT2D eigenvalue weighted by Gasteiger charge is 2.37. The van der Waals surface area contributed by atoms with Gasteiger partial charge in [0.2, 0.25) is 6.23 Å². The van der Waals surface area contributed by atoms with E-state index in [4.69, 9.17) is 9.47 Å². The fourth-order valence-corrected chi connectivity index (χ4v) is 2.06. The maximum Gasteiger partial charge on any atom is 0.413 e. The summed E-state index contributed by atoms with van der Waals surface area (Å²) in [5.41, 5.74) is 0.756. The van der Waals surface area contributed by atoms with Crippen LogP contribution in [0.4, 0.5) is 4.79 Å². The van der Waals surface area contributed by atoms with Crippen molar-refractivity contribution in [1.29, 1.82) is 0 Å². The van der Waals surface area contributed by atoms with E-state index in [0.29, 0.717) is 0 Å². The molecule has 0 aliphatic carbocycles. The number of cyclic esters (lactones) is 1. The van der Waals surface area contributed by atoms with Gasteiger partial charge in [0, 0.05) is 5.56 Å². The van der Waals surface area contributed by atoms with E-state index < -0.39 is 18.3 Å². The van der Waals surface area contributed by atoms with E-state index in [-0.39, 0.29) is 13.2 Å². The summed E-state index contributed by atoms with van der Waals surface area (Å²) < 4.78 is 9.99. The van der Waals surface area contributed by atoms with Crippen molar-refractivity contribution >= 4 is 12.1 Å².